The number of carbonyl (C=O) groups excluding carboxylic acids is 2. The number of hydrogen-bond donors (Lipinski definition) is 1. The standard InChI is InChI=1S/C15H10BrF3N4O.C10H7FN2O.C5H4BrClF2N2/c16-13-10(6-21-23(13)15(18)19)7-22-4-3-20-14(22)12-2-1-11(17)5-9(12)8-24;11-8-1-2-9(7(5-8)6-14)10-12-3-4-13-10;6-4-3(1-7)2-10-11(4)5(8)9/h1-6,8,15H,7H2;1-6H,(H,12,13);2,5H,1H2. The predicted molar refractivity (Wildman–Crippen MR) is 173 cm³/mol. The van der Waals surface area contributed by atoms with Crippen LogP contribution in [0.3, 0.4) is 0 Å². The number of nitrogens with one attached hydrogen (secondary N) is 1. The van der Waals surface area contributed by atoms with Crippen LogP contribution in [0, 0.1) is 11.6 Å². The van der Waals surface area contributed by atoms with E-state index in [-0.39, 0.29) is 27.2 Å². The van der Waals surface area contributed by atoms with Crippen molar-refractivity contribution in [3.63, 3.8) is 0 Å². The quantitative estimate of drug-likeness (QED) is 0.0886. The Balaban J connectivity index is 0.000000183. The average Bonchev–Trinajstić information content (AvgIpc) is 3.90. The third kappa shape index (κ3) is 9.12. The minimum atomic E-state index is -2.76. The van der Waals surface area contributed by atoms with Crippen LogP contribution in [-0.4, -0.2) is 51.7 Å². The predicted octanol–water partition coefficient (Wildman–Crippen LogP) is 8.71. The van der Waals surface area contributed by atoms with Gasteiger partial charge in [0.05, 0.1) is 24.8 Å². The molecule has 0 spiro atoms. The molecule has 0 saturated heterocycles. The fourth-order valence-corrected chi connectivity index (χ4v) is 5.51. The number of imidazole rings is 2. The second kappa shape index (κ2) is 17.2. The topological polar surface area (TPSA) is 116 Å². The zero-order valence-corrected chi connectivity index (χ0v) is 28.4. The molecule has 0 saturated carbocycles. The lowest BCUT2D eigenvalue weighted by Gasteiger charge is -2.09. The van der Waals surface area contributed by atoms with Crippen molar-refractivity contribution in [2.24, 2.45) is 0 Å². The first-order chi connectivity index (χ1) is 23.5. The number of nitrogens with zero attached hydrogens (tertiary/aromatic N) is 7. The normalized spacial score (nSPS) is 10.8. The maximum Gasteiger partial charge on any atom is 0.334 e. The molecule has 6 rings (SSSR count). The highest BCUT2D eigenvalue weighted by atomic mass is 79.9. The summed E-state index contributed by atoms with van der Waals surface area (Å²) in [5.74, 6) is 0.205. The van der Waals surface area contributed by atoms with Gasteiger partial charge in [-0.15, -0.1) is 11.6 Å². The number of benzene rings is 2. The Morgan fingerprint density at radius 2 is 1.35 bits per heavy atom. The van der Waals surface area contributed by atoms with Crippen LogP contribution in [0.4, 0.5) is 26.3 Å². The zero-order valence-electron chi connectivity index (χ0n) is 24.5. The molecule has 0 aliphatic heterocycles. The highest BCUT2D eigenvalue weighted by Gasteiger charge is 2.18. The molecule has 0 atom stereocenters. The highest BCUT2D eigenvalue weighted by molar-refractivity contribution is 9.10. The fourth-order valence-electron chi connectivity index (χ4n) is 4.19. The maximum atomic E-state index is 13.3. The van der Waals surface area contributed by atoms with Crippen molar-refractivity contribution < 1.29 is 35.9 Å². The van der Waals surface area contributed by atoms with Crippen LogP contribution < -0.4 is 0 Å². The van der Waals surface area contributed by atoms with Gasteiger partial charge >= 0.3 is 13.1 Å². The number of halogens is 9. The Morgan fingerprint density at radius 3 is 1.84 bits per heavy atom. The summed E-state index contributed by atoms with van der Waals surface area (Å²) in [5.41, 5.74) is 2.58. The van der Waals surface area contributed by atoms with Gasteiger partial charge in [0, 0.05) is 58.2 Å². The second-order valence-electron chi connectivity index (χ2n) is 9.51. The van der Waals surface area contributed by atoms with Crippen LogP contribution in [0.1, 0.15) is 44.9 Å². The zero-order chi connectivity index (χ0) is 35.7. The smallest absolute Gasteiger partial charge is 0.334 e. The monoisotopic (exact) mass is 832 g/mol. The molecule has 10 nitrogen and oxygen atoms in total. The van der Waals surface area contributed by atoms with E-state index in [0.29, 0.717) is 61.4 Å². The molecule has 0 aliphatic carbocycles. The van der Waals surface area contributed by atoms with Crippen molar-refractivity contribution in [1.29, 1.82) is 0 Å². The number of aldehydes is 2. The van der Waals surface area contributed by atoms with E-state index in [1.165, 1.54) is 48.9 Å². The van der Waals surface area contributed by atoms with Crippen LogP contribution in [0.15, 0.2) is 82.8 Å². The summed E-state index contributed by atoms with van der Waals surface area (Å²) in [7, 11) is 0. The van der Waals surface area contributed by atoms with E-state index in [1.807, 2.05) is 0 Å². The molecule has 0 unspecified atom stereocenters. The van der Waals surface area contributed by atoms with Gasteiger partial charge in [0.1, 0.15) is 32.5 Å². The Hall–Kier alpha value is -4.55. The van der Waals surface area contributed by atoms with Gasteiger partial charge in [-0.3, -0.25) is 9.59 Å². The molecule has 4 aromatic heterocycles. The van der Waals surface area contributed by atoms with Crippen molar-refractivity contribution in [3.8, 4) is 22.8 Å². The molecular formula is C30H21Br2ClF6N8O2. The fraction of sp³-hybridized carbons (Fsp3) is 0.133. The lowest BCUT2D eigenvalue weighted by Crippen LogP contribution is -2.04. The Kier molecular flexibility index (Phi) is 13.1. The lowest BCUT2D eigenvalue weighted by molar-refractivity contribution is 0.0536. The van der Waals surface area contributed by atoms with Gasteiger partial charge in [-0.2, -0.15) is 37.1 Å². The summed E-state index contributed by atoms with van der Waals surface area (Å²) >= 11 is 11.5. The largest absolute Gasteiger partial charge is 0.345 e. The van der Waals surface area contributed by atoms with E-state index in [2.05, 4.69) is 57.0 Å². The van der Waals surface area contributed by atoms with Crippen LogP contribution in [0.5, 0.6) is 0 Å². The van der Waals surface area contributed by atoms with E-state index in [0.717, 1.165) is 6.07 Å². The molecule has 0 aliphatic rings. The molecular weight excluding hydrogens is 814 g/mol. The first-order valence-electron chi connectivity index (χ1n) is 13.6. The van der Waals surface area contributed by atoms with E-state index < -0.39 is 24.7 Å². The van der Waals surface area contributed by atoms with E-state index >= 15 is 0 Å². The van der Waals surface area contributed by atoms with Crippen molar-refractivity contribution >= 4 is 56.0 Å². The summed E-state index contributed by atoms with van der Waals surface area (Å²) in [4.78, 5) is 32.9. The molecule has 256 valence electrons. The second-order valence-corrected chi connectivity index (χ2v) is 11.3. The molecule has 0 radical (unpaired) electrons. The molecule has 0 amide bonds. The number of carbonyl (C=O) groups is 2. The van der Waals surface area contributed by atoms with Crippen LogP contribution in [0.25, 0.3) is 22.8 Å². The number of hydrogen-bond acceptors (Lipinski definition) is 6. The van der Waals surface area contributed by atoms with Gasteiger partial charge in [0.15, 0.2) is 12.6 Å². The van der Waals surface area contributed by atoms with E-state index in [9.17, 15) is 35.9 Å². The number of rotatable bonds is 9. The minimum Gasteiger partial charge on any atom is -0.345 e. The summed E-state index contributed by atoms with van der Waals surface area (Å²) in [6.45, 7) is -5.17. The molecule has 49 heavy (non-hydrogen) atoms. The van der Waals surface area contributed by atoms with E-state index in [4.69, 9.17) is 11.6 Å². The molecule has 0 fully saturated rings. The minimum absolute atomic E-state index is 0.157. The average molecular weight is 835 g/mol. The van der Waals surface area contributed by atoms with Gasteiger partial charge in [-0.25, -0.2) is 18.7 Å². The third-order valence-corrected chi connectivity index (χ3v) is 8.49. The number of H-pyrrole nitrogens is 1. The Morgan fingerprint density at radius 1 is 0.796 bits per heavy atom. The highest BCUT2D eigenvalue weighted by Crippen LogP contribution is 2.27. The SMILES string of the molecule is FC(F)n1ncc(CCl)c1Br.O=Cc1cc(F)ccc1-c1ncc[nH]1.O=Cc1cc(F)ccc1-c1nccn1Cc1cnn(C(F)F)c1Br. The van der Waals surface area contributed by atoms with Crippen molar-refractivity contribution in [3.05, 3.63) is 117 Å². The van der Waals surface area contributed by atoms with Crippen molar-refractivity contribution in [2.45, 2.75) is 25.5 Å². The molecule has 2 aromatic carbocycles. The van der Waals surface area contributed by atoms with Crippen LogP contribution >= 0.6 is 43.5 Å². The summed E-state index contributed by atoms with van der Waals surface area (Å²) in [6.07, 6.45) is 10.2. The molecule has 19 heteroatoms. The lowest BCUT2D eigenvalue weighted by atomic mass is 10.1. The Labute approximate surface area is 295 Å². The maximum absolute atomic E-state index is 13.3. The molecule has 1 N–H and O–H groups in total. The van der Waals surface area contributed by atoms with Crippen LogP contribution in [0.2, 0.25) is 0 Å². The summed E-state index contributed by atoms with van der Waals surface area (Å²) < 4.78 is 78.8. The first-order valence-corrected chi connectivity index (χ1v) is 15.7. The Bertz CT molecular complexity index is 2020. The molecule has 0 bridgehead atoms. The van der Waals surface area contributed by atoms with Gasteiger partial charge in [-0.05, 0) is 68.3 Å². The van der Waals surface area contributed by atoms with Crippen molar-refractivity contribution in [2.75, 3.05) is 0 Å². The summed E-state index contributed by atoms with van der Waals surface area (Å²) in [5, 5.41) is 7.05. The van der Waals surface area contributed by atoms with Crippen molar-refractivity contribution in [1.82, 2.24) is 39.1 Å². The summed E-state index contributed by atoms with van der Waals surface area (Å²) in [6, 6.07) is 7.81. The number of alkyl halides is 5. The third-order valence-electron chi connectivity index (χ3n) is 6.45. The number of aromatic amines is 1. The molecule has 6 aromatic rings. The van der Waals surface area contributed by atoms with Crippen LogP contribution in [-0.2, 0) is 12.4 Å². The van der Waals surface area contributed by atoms with E-state index in [1.54, 1.807) is 23.2 Å². The van der Waals surface area contributed by atoms with Gasteiger partial charge in [0.25, 0.3) is 0 Å². The van der Waals surface area contributed by atoms with Gasteiger partial charge in [-0.1, -0.05) is 0 Å². The number of aromatic nitrogens is 8. The molecule has 4 heterocycles. The van der Waals surface area contributed by atoms with Gasteiger partial charge < -0.3 is 9.55 Å². The van der Waals surface area contributed by atoms with Gasteiger partial charge in [0.2, 0.25) is 0 Å². The first kappa shape index (κ1) is 37.3.